The molecular weight excluding hydrogens is 190 g/mol. The molecule has 0 unspecified atom stereocenters. The molecule has 0 saturated carbocycles. The van der Waals surface area contributed by atoms with E-state index in [0.717, 1.165) is 16.8 Å². The largest absolute Gasteiger partial charge is 0.394 e. The molecule has 0 atom stereocenters. The average Bonchev–Trinajstić information content (AvgIpc) is 2.17. The van der Waals surface area contributed by atoms with Crippen LogP contribution in [0.1, 0.15) is 16.7 Å². The lowest BCUT2D eigenvalue weighted by atomic mass is 10.0. The first kappa shape index (κ1) is 12.0. The van der Waals surface area contributed by atoms with E-state index in [1.807, 2.05) is 13.8 Å². The van der Waals surface area contributed by atoms with Gasteiger partial charge in [0.2, 0.25) is 0 Å². The van der Waals surface area contributed by atoms with E-state index in [1.54, 1.807) is 0 Å². The van der Waals surface area contributed by atoms with Crippen LogP contribution in [0.4, 0.5) is 5.69 Å². The fourth-order valence-electron chi connectivity index (χ4n) is 1.76. The molecule has 1 rings (SSSR count). The van der Waals surface area contributed by atoms with E-state index in [9.17, 15) is 0 Å². The molecule has 0 saturated heterocycles. The molecule has 0 bridgehead atoms. The summed E-state index contributed by atoms with van der Waals surface area (Å²) in [5, 5.41) is 21.1. The van der Waals surface area contributed by atoms with Gasteiger partial charge in [-0.1, -0.05) is 17.7 Å². The summed E-state index contributed by atoms with van der Waals surface area (Å²) in [6, 6.07) is 3.88. The summed E-state index contributed by atoms with van der Waals surface area (Å²) in [4.78, 5) is 0. The SMILES string of the molecule is Cc1cc(C)c(NC(CO)CO)c(C)c1. The van der Waals surface area contributed by atoms with E-state index in [1.165, 1.54) is 5.56 Å². The van der Waals surface area contributed by atoms with Crippen LogP contribution in [0.25, 0.3) is 0 Å². The number of hydrogen-bond donors (Lipinski definition) is 3. The summed E-state index contributed by atoms with van der Waals surface area (Å²) in [7, 11) is 0. The minimum Gasteiger partial charge on any atom is -0.394 e. The predicted molar refractivity (Wildman–Crippen MR) is 62.2 cm³/mol. The molecule has 1 aromatic rings. The van der Waals surface area contributed by atoms with Gasteiger partial charge in [-0.15, -0.1) is 0 Å². The van der Waals surface area contributed by atoms with Crippen LogP contribution in [-0.4, -0.2) is 29.5 Å². The van der Waals surface area contributed by atoms with Gasteiger partial charge < -0.3 is 15.5 Å². The molecule has 3 nitrogen and oxygen atoms in total. The quantitative estimate of drug-likeness (QED) is 0.702. The fourth-order valence-corrected chi connectivity index (χ4v) is 1.76. The smallest absolute Gasteiger partial charge is 0.0723 e. The normalized spacial score (nSPS) is 10.8. The van der Waals surface area contributed by atoms with E-state index >= 15 is 0 Å². The first-order valence-electron chi connectivity index (χ1n) is 5.14. The highest BCUT2D eigenvalue weighted by Crippen LogP contribution is 2.22. The zero-order valence-corrected chi connectivity index (χ0v) is 9.54. The monoisotopic (exact) mass is 209 g/mol. The highest BCUT2D eigenvalue weighted by Gasteiger charge is 2.09. The third kappa shape index (κ3) is 2.94. The summed E-state index contributed by atoms with van der Waals surface area (Å²) in [6.45, 7) is 5.97. The summed E-state index contributed by atoms with van der Waals surface area (Å²) < 4.78 is 0. The number of aliphatic hydroxyl groups excluding tert-OH is 2. The molecule has 0 aliphatic heterocycles. The van der Waals surface area contributed by atoms with Crippen molar-refractivity contribution in [3.05, 3.63) is 28.8 Å². The Morgan fingerprint density at radius 2 is 1.53 bits per heavy atom. The minimum absolute atomic E-state index is 0.0662. The highest BCUT2D eigenvalue weighted by molar-refractivity contribution is 5.58. The first-order valence-corrected chi connectivity index (χ1v) is 5.14. The Morgan fingerprint density at radius 1 is 1.07 bits per heavy atom. The van der Waals surface area contributed by atoms with Crippen LogP contribution in [0.15, 0.2) is 12.1 Å². The Kier molecular flexibility index (Phi) is 4.12. The molecule has 0 aliphatic carbocycles. The van der Waals surface area contributed by atoms with Crippen LogP contribution in [0.2, 0.25) is 0 Å². The van der Waals surface area contributed by atoms with Crippen molar-refractivity contribution >= 4 is 5.69 Å². The number of hydrogen-bond acceptors (Lipinski definition) is 3. The third-order valence-electron chi connectivity index (χ3n) is 2.47. The Bertz CT molecular complexity index is 309. The van der Waals surface area contributed by atoms with Crippen molar-refractivity contribution in [1.29, 1.82) is 0 Å². The molecule has 84 valence electrons. The fraction of sp³-hybridized carbons (Fsp3) is 0.500. The van der Waals surface area contributed by atoms with Crippen molar-refractivity contribution in [2.45, 2.75) is 26.8 Å². The number of aryl methyl sites for hydroxylation is 3. The molecule has 1 aromatic carbocycles. The van der Waals surface area contributed by atoms with Gasteiger partial charge in [-0.3, -0.25) is 0 Å². The van der Waals surface area contributed by atoms with Crippen molar-refractivity contribution in [3.8, 4) is 0 Å². The van der Waals surface area contributed by atoms with E-state index < -0.39 is 0 Å². The molecule has 0 spiro atoms. The van der Waals surface area contributed by atoms with Crippen molar-refractivity contribution in [3.63, 3.8) is 0 Å². The van der Waals surface area contributed by atoms with Crippen molar-refractivity contribution in [2.75, 3.05) is 18.5 Å². The molecule has 3 heteroatoms. The lowest BCUT2D eigenvalue weighted by Crippen LogP contribution is -2.28. The van der Waals surface area contributed by atoms with Crippen molar-refractivity contribution in [1.82, 2.24) is 0 Å². The van der Waals surface area contributed by atoms with Crippen LogP contribution < -0.4 is 5.32 Å². The van der Waals surface area contributed by atoms with Crippen molar-refractivity contribution in [2.24, 2.45) is 0 Å². The lowest BCUT2D eigenvalue weighted by Gasteiger charge is -2.19. The van der Waals surface area contributed by atoms with Gasteiger partial charge in [-0.2, -0.15) is 0 Å². The predicted octanol–water partition coefficient (Wildman–Crippen LogP) is 1.38. The molecule has 0 radical (unpaired) electrons. The second-order valence-electron chi connectivity index (χ2n) is 3.98. The van der Waals surface area contributed by atoms with Gasteiger partial charge in [-0.05, 0) is 31.9 Å². The second-order valence-corrected chi connectivity index (χ2v) is 3.98. The maximum atomic E-state index is 9.00. The lowest BCUT2D eigenvalue weighted by molar-refractivity contribution is 0.204. The van der Waals surface area contributed by atoms with E-state index in [2.05, 4.69) is 24.4 Å². The van der Waals surface area contributed by atoms with Gasteiger partial charge in [0, 0.05) is 5.69 Å². The topological polar surface area (TPSA) is 52.5 Å². The Balaban J connectivity index is 2.94. The van der Waals surface area contributed by atoms with Crippen LogP contribution in [0.5, 0.6) is 0 Å². The molecule has 0 fully saturated rings. The molecular formula is C12H19NO2. The summed E-state index contributed by atoms with van der Waals surface area (Å²) >= 11 is 0. The molecule has 0 aromatic heterocycles. The zero-order valence-electron chi connectivity index (χ0n) is 9.54. The number of nitrogens with one attached hydrogen (secondary N) is 1. The maximum absolute atomic E-state index is 9.00. The van der Waals surface area contributed by atoms with Crippen LogP contribution in [-0.2, 0) is 0 Å². The van der Waals surface area contributed by atoms with E-state index in [0.29, 0.717) is 0 Å². The molecule has 0 amide bonds. The van der Waals surface area contributed by atoms with Crippen LogP contribution >= 0.6 is 0 Å². The van der Waals surface area contributed by atoms with Crippen LogP contribution in [0.3, 0.4) is 0 Å². The average molecular weight is 209 g/mol. The molecule has 15 heavy (non-hydrogen) atoms. The van der Waals surface area contributed by atoms with Gasteiger partial charge in [0.15, 0.2) is 0 Å². The summed E-state index contributed by atoms with van der Waals surface area (Å²) in [5.74, 6) is 0. The number of aliphatic hydroxyl groups is 2. The van der Waals surface area contributed by atoms with Gasteiger partial charge in [-0.25, -0.2) is 0 Å². The van der Waals surface area contributed by atoms with Gasteiger partial charge in [0.1, 0.15) is 0 Å². The second kappa shape index (κ2) is 5.14. The summed E-state index contributed by atoms with van der Waals surface area (Å²) in [6.07, 6.45) is 0. The standard InChI is InChI=1S/C12H19NO2/c1-8-4-9(2)12(10(3)5-8)13-11(6-14)7-15/h4-5,11,13-15H,6-7H2,1-3H3. The molecule has 3 N–H and O–H groups in total. The van der Waals surface area contributed by atoms with Gasteiger partial charge in [0.25, 0.3) is 0 Å². The Hall–Kier alpha value is -1.06. The third-order valence-corrected chi connectivity index (χ3v) is 2.47. The summed E-state index contributed by atoms with van der Waals surface area (Å²) in [5.41, 5.74) is 4.51. The minimum atomic E-state index is -0.287. The van der Waals surface area contributed by atoms with Gasteiger partial charge in [0.05, 0.1) is 19.3 Å². The molecule has 0 heterocycles. The van der Waals surface area contributed by atoms with Gasteiger partial charge >= 0.3 is 0 Å². The number of rotatable bonds is 4. The van der Waals surface area contributed by atoms with Crippen molar-refractivity contribution < 1.29 is 10.2 Å². The number of anilines is 1. The maximum Gasteiger partial charge on any atom is 0.0723 e. The van der Waals surface area contributed by atoms with E-state index in [-0.39, 0.29) is 19.3 Å². The number of benzene rings is 1. The zero-order chi connectivity index (χ0) is 11.4. The van der Waals surface area contributed by atoms with E-state index in [4.69, 9.17) is 10.2 Å². The first-order chi connectivity index (χ1) is 7.08. The van der Waals surface area contributed by atoms with Crippen LogP contribution in [0, 0.1) is 20.8 Å². The Labute approximate surface area is 90.8 Å². The molecule has 0 aliphatic rings. The highest BCUT2D eigenvalue weighted by atomic mass is 16.3. The Morgan fingerprint density at radius 3 is 1.93 bits per heavy atom.